The van der Waals surface area contributed by atoms with Gasteiger partial charge in [-0.15, -0.1) is 0 Å². The van der Waals surface area contributed by atoms with Crippen LogP contribution in [-0.4, -0.2) is 18.1 Å². The zero-order valence-corrected chi connectivity index (χ0v) is 12.0. The van der Waals surface area contributed by atoms with E-state index in [1.54, 1.807) is 6.20 Å². The van der Waals surface area contributed by atoms with E-state index >= 15 is 0 Å². The molecule has 0 aliphatic heterocycles. The molecule has 1 heterocycles. The molecule has 20 heavy (non-hydrogen) atoms. The van der Waals surface area contributed by atoms with Crippen LogP contribution in [0.4, 0.5) is 0 Å². The van der Waals surface area contributed by atoms with E-state index in [4.69, 9.17) is 4.74 Å². The Bertz CT molecular complexity index is 499. The summed E-state index contributed by atoms with van der Waals surface area (Å²) < 4.78 is 5.71. The molecule has 3 heteroatoms. The Kier molecular flexibility index (Phi) is 6.06. The molecule has 0 atom stereocenters. The molecule has 106 valence electrons. The maximum Gasteiger partial charge on any atom is 0.213 e. The summed E-state index contributed by atoms with van der Waals surface area (Å²) in [5, 5.41) is 3.30. The molecule has 0 radical (unpaired) electrons. The number of aromatic nitrogens is 1. The summed E-state index contributed by atoms with van der Waals surface area (Å²) in [7, 11) is 0. The number of ether oxygens (including phenoxy) is 1. The van der Waals surface area contributed by atoms with Gasteiger partial charge in [-0.05, 0) is 36.6 Å². The van der Waals surface area contributed by atoms with Crippen molar-refractivity contribution in [3.05, 3.63) is 59.8 Å². The van der Waals surface area contributed by atoms with Crippen molar-refractivity contribution in [2.24, 2.45) is 0 Å². The highest BCUT2D eigenvalue weighted by Crippen LogP contribution is 2.10. The van der Waals surface area contributed by atoms with Crippen LogP contribution in [0, 0.1) is 0 Å². The molecule has 3 nitrogen and oxygen atoms in total. The fourth-order valence-electron chi connectivity index (χ4n) is 2.01. The summed E-state index contributed by atoms with van der Waals surface area (Å²) in [4.78, 5) is 4.24. The van der Waals surface area contributed by atoms with Gasteiger partial charge >= 0.3 is 0 Å². The fraction of sp³-hybridized carbons (Fsp3) is 0.353. The summed E-state index contributed by atoms with van der Waals surface area (Å²) in [6, 6.07) is 14.5. The summed E-state index contributed by atoms with van der Waals surface area (Å²) in [5.41, 5.74) is 2.56. The van der Waals surface area contributed by atoms with Crippen LogP contribution in [0.5, 0.6) is 5.88 Å². The van der Waals surface area contributed by atoms with E-state index in [0.717, 1.165) is 25.9 Å². The van der Waals surface area contributed by atoms with E-state index in [2.05, 4.69) is 41.5 Å². The minimum Gasteiger partial charge on any atom is -0.478 e. The van der Waals surface area contributed by atoms with E-state index in [-0.39, 0.29) is 0 Å². The van der Waals surface area contributed by atoms with Gasteiger partial charge < -0.3 is 10.1 Å². The van der Waals surface area contributed by atoms with Gasteiger partial charge in [-0.1, -0.05) is 37.3 Å². The summed E-state index contributed by atoms with van der Waals surface area (Å²) >= 11 is 0. The molecule has 1 aromatic carbocycles. The molecular weight excluding hydrogens is 248 g/mol. The van der Waals surface area contributed by atoms with Gasteiger partial charge in [-0.2, -0.15) is 0 Å². The third-order valence-electron chi connectivity index (χ3n) is 3.08. The Morgan fingerprint density at radius 1 is 1.10 bits per heavy atom. The molecule has 0 saturated carbocycles. The third kappa shape index (κ3) is 5.02. The standard InChI is InChI=1S/C17H22N2O/c1-2-18-14-16-10-11-19-17(13-16)20-12-6-9-15-7-4-3-5-8-15/h3-5,7-8,10-11,13,18H,2,6,9,12,14H2,1H3. The Labute approximate surface area is 121 Å². The second-order valence-corrected chi connectivity index (χ2v) is 4.72. The summed E-state index contributed by atoms with van der Waals surface area (Å²) in [6.07, 6.45) is 3.85. The second-order valence-electron chi connectivity index (χ2n) is 4.72. The highest BCUT2D eigenvalue weighted by molar-refractivity contribution is 5.20. The van der Waals surface area contributed by atoms with Crippen LogP contribution in [0.25, 0.3) is 0 Å². The minimum atomic E-state index is 0.701. The molecule has 2 rings (SSSR count). The number of nitrogens with zero attached hydrogens (tertiary/aromatic N) is 1. The third-order valence-corrected chi connectivity index (χ3v) is 3.08. The monoisotopic (exact) mass is 270 g/mol. The Hall–Kier alpha value is -1.87. The predicted octanol–water partition coefficient (Wildman–Crippen LogP) is 3.20. The van der Waals surface area contributed by atoms with Crippen molar-refractivity contribution >= 4 is 0 Å². The maximum absolute atomic E-state index is 5.71. The maximum atomic E-state index is 5.71. The van der Waals surface area contributed by atoms with Gasteiger partial charge in [0.2, 0.25) is 5.88 Å². The lowest BCUT2D eigenvalue weighted by molar-refractivity contribution is 0.299. The fourth-order valence-corrected chi connectivity index (χ4v) is 2.01. The first-order valence-corrected chi connectivity index (χ1v) is 7.21. The molecule has 2 aromatic rings. The highest BCUT2D eigenvalue weighted by Gasteiger charge is 1.99. The average molecular weight is 270 g/mol. The molecular formula is C17H22N2O. The van der Waals surface area contributed by atoms with E-state index in [9.17, 15) is 0 Å². The highest BCUT2D eigenvalue weighted by atomic mass is 16.5. The number of benzene rings is 1. The second kappa shape index (κ2) is 8.33. The quantitative estimate of drug-likeness (QED) is 0.748. The van der Waals surface area contributed by atoms with Crippen molar-refractivity contribution in [3.8, 4) is 5.88 Å². The number of pyridine rings is 1. The average Bonchev–Trinajstić information content (AvgIpc) is 2.51. The van der Waals surface area contributed by atoms with Crippen molar-refractivity contribution in [2.75, 3.05) is 13.2 Å². The van der Waals surface area contributed by atoms with E-state index < -0.39 is 0 Å². The van der Waals surface area contributed by atoms with Gasteiger partial charge in [0, 0.05) is 18.8 Å². The Balaban J connectivity index is 1.73. The van der Waals surface area contributed by atoms with Gasteiger partial charge in [0.05, 0.1) is 6.61 Å². The van der Waals surface area contributed by atoms with Gasteiger partial charge in [-0.3, -0.25) is 0 Å². The molecule has 0 unspecified atom stereocenters. The smallest absolute Gasteiger partial charge is 0.213 e. The summed E-state index contributed by atoms with van der Waals surface area (Å²) in [5.74, 6) is 0.716. The molecule has 0 bridgehead atoms. The molecule has 0 spiro atoms. The van der Waals surface area contributed by atoms with Crippen molar-refractivity contribution < 1.29 is 4.74 Å². The largest absolute Gasteiger partial charge is 0.478 e. The van der Waals surface area contributed by atoms with Crippen LogP contribution in [-0.2, 0) is 13.0 Å². The number of hydrogen-bond donors (Lipinski definition) is 1. The van der Waals surface area contributed by atoms with Gasteiger partial charge in [0.15, 0.2) is 0 Å². The zero-order valence-electron chi connectivity index (χ0n) is 12.0. The Morgan fingerprint density at radius 3 is 2.75 bits per heavy atom. The molecule has 0 aliphatic rings. The van der Waals surface area contributed by atoms with Crippen LogP contribution in [0.1, 0.15) is 24.5 Å². The van der Waals surface area contributed by atoms with E-state index in [1.165, 1.54) is 11.1 Å². The van der Waals surface area contributed by atoms with Gasteiger partial charge in [0.1, 0.15) is 0 Å². The molecule has 0 fully saturated rings. The van der Waals surface area contributed by atoms with Crippen LogP contribution < -0.4 is 10.1 Å². The zero-order chi connectivity index (χ0) is 14.0. The molecule has 1 aromatic heterocycles. The SMILES string of the molecule is CCNCc1ccnc(OCCCc2ccccc2)c1. The van der Waals surface area contributed by atoms with Crippen molar-refractivity contribution in [2.45, 2.75) is 26.3 Å². The van der Waals surface area contributed by atoms with Gasteiger partial charge in [-0.25, -0.2) is 4.98 Å². The molecule has 1 N–H and O–H groups in total. The molecule has 0 amide bonds. The molecule has 0 saturated heterocycles. The topological polar surface area (TPSA) is 34.2 Å². The predicted molar refractivity (Wildman–Crippen MR) is 81.9 cm³/mol. The van der Waals surface area contributed by atoms with Crippen LogP contribution in [0.3, 0.4) is 0 Å². The van der Waals surface area contributed by atoms with Crippen LogP contribution in [0.2, 0.25) is 0 Å². The number of nitrogens with one attached hydrogen (secondary N) is 1. The molecule has 0 aliphatic carbocycles. The normalized spacial score (nSPS) is 10.4. The first-order valence-electron chi connectivity index (χ1n) is 7.21. The number of aryl methyl sites for hydroxylation is 1. The lowest BCUT2D eigenvalue weighted by atomic mass is 10.1. The first kappa shape index (κ1) is 14.5. The number of hydrogen-bond acceptors (Lipinski definition) is 3. The Morgan fingerprint density at radius 2 is 1.95 bits per heavy atom. The lowest BCUT2D eigenvalue weighted by Crippen LogP contribution is -2.12. The van der Waals surface area contributed by atoms with E-state index in [1.807, 2.05) is 18.2 Å². The van der Waals surface area contributed by atoms with Crippen molar-refractivity contribution in [1.82, 2.24) is 10.3 Å². The van der Waals surface area contributed by atoms with Crippen molar-refractivity contribution in [3.63, 3.8) is 0 Å². The van der Waals surface area contributed by atoms with Crippen LogP contribution in [0.15, 0.2) is 48.7 Å². The summed E-state index contributed by atoms with van der Waals surface area (Å²) in [6.45, 7) is 4.63. The van der Waals surface area contributed by atoms with Gasteiger partial charge in [0.25, 0.3) is 0 Å². The first-order chi connectivity index (χ1) is 9.88. The van der Waals surface area contributed by atoms with Crippen molar-refractivity contribution in [1.29, 1.82) is 0 Å². The number of rotatable bonds is 8. The van der Waals surface area contributed by atoms with Crippen LogP contribution >= 0.6 is 0 Å². The lowest BCUT2D eigenvalue weighted by Gasteiger charge is -2.07. The van der Waals surface area contributed by atoms with E-state index in [0.29, 0.717) is 12.5 Å². The minimum absolute atomic E-state index is 0.701.